The summed E-state index contributed by atoms with van der Waals surface area (Å²) >= 11 is 0. The molecule has 0 aliphatic rings. The normalized spacial score (nSPS) is 10.8. The minimum atomic E-state index is 0.484. The van der Waals surface area contributed by atoms with E-state index in [1.807, 2.05) is 24.1 Å². The van der Waals surface area contributed by atoms with Crippen molar-refractivity contribution in [3.05, 3.63) is 35.7 Å². The lowest BCUT2D eigenvalue weighted by Crippen LogP contribution is -2.18. The molecule has 0 saturated heterocycles. The van der Waals surface area contributed by atoms with Crippen molar-refractivity contribution >= 4 is 11.7 Å². The van der Waals surface area contributed by atoms with Gasteiger partial charge in [0.2, 0.25) is 5.89 Å². The molecule has 0 spiro atoms. The van der Waals surface area contributed by atoms with Gasteiger partial charge in [-0.2, -0.15) is 0 Å². The number of anilines is 2. The molecule has 2 rings (SSSR count). The highest BCUT2D eigenvalue weighted by atomic mass is 16.5. The molecule has 108 valence electrons. The number of ether oxygens (including phenoxy) is 1. The molecule has 0 saturated carbocycles. The van der Waals surface area contributed by atoms with Crippen molar-refractivity contribution in [1.82, 2.24) is 15.5 Å². The molecule has 6 nitrogen and oxygen atoms in total. The topological polar surface area (TPSA) is 63.4 Å². The number of methoxy groups -OCH3 is 1. The van der Waals surface area contributed by atoms with Gasteiger partial charge >= 0.3 is 6.01 Å². The number of benzene rings is 1. The molecule has 0 amide bonds. The SMILES string of the molecule is COCCNCc1nnc(N(C)c2ccc(C)cc2)o1. The van der Waals surface area contributed by atoms with E-state index >= 15 is 0 Å². The number of nitrogens with zero attached hydrogens (tertiary/aromatic N) is 3. The zero-order valence-corrected chi connectivity index (χ0v) is 12.1. The van der Waals surface area contributed by atoms with Crippen LogP contribution in [0.2, 0.25) is 0 Å². The largest absolute Gasteiger partial charge is 0.406 e. The summed E-state index contributed by atoms with van der Waals surface area (Å²) in [6, 6.07) is 8.63. The first-order valence-electron chi connectivity index (χ1n) is 6.53. The highest BCUT2D eigenvalue weighted by Crippen LogP contribution is 2.22. The Balaban J connectivity index is 1.95. The van der Waals surface area contributed by atoms with E-state index in [0.29, 0.717) is 25.1 Å². The van der Waals surface area contributed by atoms with Gasteiger partial charge in [-0.15, -0.1) is 5.10 Å². The second-order valence-electron chi connectivity index (χ2n) is 4.54. The van der Waals surface area contributed by atoms with Crippen LogP contribution in [0.15, 0.2) is 28.7 Å². The molecular formula is C14H20N4O2. The fourth-order valence-corrected chi connectivity index (χ4v) is 1.70. The summed E-state index contributed by atoms with van der Waals surface area (Å²) in [5, 5.41) is 11.2. The quantitative estimate of drug-likeness (QED) is 0.779. The minimum Gasteiger partial charge on any atom is -0.406 e. The molecular weight excluding hydrogens is 256 g/mol. The van der Waals surface area contributed by atoms with Crippen molar-refractivity contribution < 1.29 is 9.15 Å². The van der Waals surface area contributed by atoms with Gasteiger partial charge in [-0.25, -0.2) is 0 Å². The van der Waals surface area contributed by atoms with Crippen LogP contribution in [0, 0.1) is 6.92 Å². The Morgan fingerprint density at radius 1 is 1.25 bits per heavy atom. The molecule has 20 heavy (non-hydrogen) atoms. The van der Waals surface area contributed by atoms with Crippen molar-refractivity contribution in [1.29, 1.82) is 0 Å². The number of nitrogens with one attached hydrogen (secondary N) is 1. The fraction of sp³-hybridized carbons (Fsp3) is 0.429. The molecule has 0 fully saturated rings. The number of rotatable bonds is 7. The molecule has 1 heterocycles. The maximum atomic E-state index is 5.61. The maximum Gasteiger partial charge on any atom is 0.322 e. The van der Waals surface area contributed by atoms with Gasteiger partial charge in [0.25, 0.3) is 0 Å². The molecule has 1 N–H and O–H groups in total. The van der Waals surface area contributed by atoms with Crippen molar-refractivity contribution in [3.63, 3.8) is 0 Å². The maximum absolute atomic E-state index is 5.61. The second kappa shape index (κ2) is 7.02. The lowest BCUT2D eigenvalue weighted by atomic mass is 10.2. The Kier molecular flexibility index (Phi) is 5.09. The summed E-state index contributed by atoms with van der Waals surface area (Å²) in [7, 11) is 3.57. The summed E-state index contributed by atoms with van der Waals surface area (Å²) in [5.41, 5.74) is 2.23. The zero-order valence-electron chi connectivity index (χ0n) is 12.1. The first-order chi connectivity index (χ1) is 9.70. The van der Waals surface area contributed by atoms with Crippen molar-refractivity contribution in [2.45, 2.75) is 13.5 Å². The second-order valence-corrected chi connectivity index (χ2v) is 4.54. The van der Waals surface area contributed by atoms with Crippen LogP contribution in [0.3, 0.4) is 0 Å². The van der Waals surface area contributed by atoms with Gasteiger partial charge in [0.1, 0.15) is 0 Å². The number of aromatic nitrogens is 2. The average Bonchev–Trinajstić information content (AvgIpc) is 2.92. The minimum absolute atomic E-state index is 0.484. The summed E-state index contributed by atoms with van der Waals surface area (Å²) < 4.78 is 10.6. The van der Waals surface area contributed by atoms with Gasteiger partial charge in [-0.1, -0.05) is 22.8 Å². The van der Waals surface area contributed by atoms with Crippen LogP contribution in [0.5, 0.6) is 0 Å². The van der Waals surface area contributed by atoms with E-state index in [2.05, 4.69) is 34.6 Å². The highest BCUT2D eigenvalue weighted by Gasteiger charge is 2.11. The van der Waals surface area contributed by atoms with Gasteiger partial charge in [0.05, 0.1) is 13.2 Å². The number of hydrogen-bond acceptors (Lipinski definition) is 6. The molecule has 2 aromatic rings. The van der Waals surface area contributed by atoms with E-state index in [1.54, 1.807) is 7.11 Å². The van der Waals surface area contributed by atoms with Crippen molar-refractivity contribution in [2.24, 2.45) is 0 Å². The predicted octanol–water partition coefficient (Wildman–Crippen LogP) is 1.88. The van der Waals surface area contributed by atoms with Gasteiger partial charge < -0.3 is 14.5 Å². The lowest BCUT2D eigenvalue weighted by molar-refractivity contribution is 0.198. The standard InChI is InChI=1S/C14H20N4O2/c1-11-4-6-12(7-5-11)18(2)14-17-16-13(20-14)10-15-8-9-19-3/h4-7,15H,8-10H2,1-3H3. The van der Waals surface area contributed by atoms with Crippen LogP contribution in [-0.4, -0.2) is 37.5 Å². The lowest BCUT2D eigenvalue weighted by Gasteiger charge is -2.13. The van der Waals surface area contributed by atoms with Gasteiger partial charge in [-0.05, 0) is 19.1 Å². The molecule has 1 aromatic heterocycles. The molecule has 0 unspecified atom stereocenters. The molecule has 6 heteroatoms. The summed E-state index contributed by atoms with van der Waals surface area (Å²) in [6.07, 6.45) is 0. The third-order valence-corrected chi connectivity index (χ3v) is 2.92. The van der Waals surface area contributed by atoms with Crippen LogP contribution in [0.1, 0.15) is 11.5 Å². The van der Waals surface area contributed by atoms with E-state index in [9.17, 15) is 0 Å². The molecule has 0 aliphatic heterocycles. The van der Waals surface area contributed by atoms with Gasteiger partial charge in [-0.3, -0.25) is 4.90 Å². The van der Waals surface area contributed by atoms with E-state index in [4.69, 9.17) is 9.15 Å². The Labute approximate surface area is 118 Å². The van der Waals surface area contributed by atoms with Gasteiger partial charge in [0.15, 0.2) is 0 Å². The molecule has 1 aromatic carbocycles. The first kappa shape index (κ1) is 14.5. The molecule has 0 radical (unpaired) electrons. The summed E-state index contributed by atoms with van der Waals surface area (Å²) in [4.78, 5) is 1.87. The van der Waals surface area contributed by atoms with Crippen LogP contribution in [0.4, 0.5) is 11.7 Å². The number of hydrogen-bond donors (Lipinski definition) is 1. The van der Waals surface area contributed by atoms with E-state index in [0.717, 1.165) is 12.2 Å². The third-order valence-electron chi connectivity index (χ3n) is 2.92. The predicted molar refractivity (Wildman–Crippen MR) is 77.1 cm³/mol. The Morgan fingerprint density at radius 2 is 2.00 bits per heavy atom. The summed E-state index contributed by atoms with van der Waals surface area (Å²) in [5.74, 6) is 0.565. The van der Waals surface area contributed by atoms with Crippen molar-refractivity contribution in [3.8, 4) is 0 Å². The monoisotopic (exact) mass is 276 g/mol. The summed E-state index contributed by atoms with van der Waals surface area (Å²) in [6.45, 7) is 4.00. The zero-order chi connectivity index (χ0) is 14.4. The molecule has 0 aliphatic carbocycles. The van der Waals surface area contributed by atoms with Crippen LogP contribution < -0.4 is 10.2 Å². The third kappa shape index (κ3) is 3.79. The fourth-order valence-electron chi connectivity index (χ4n) is 1.70. The highest BCUT2D eigenvalue weighted by molar-refractivity contribution is 5.55. The molecule has 0 bridgehead atoms. The van der Waals surface area contributed by atoms with Crippen LogP contribution in [-0.2, 0) is 11.3 Å². The molecule has 0 atom stereocenters. The van der Waals surface area contributed by atoms with E-state index in [1.165, 1.54) is 5.56 Å². The van der Waals surface area contributed by atoms with E-state index in [-0.39, 0.29) is 0 Å². The average molecular weight is 276 g/mol. The Bertz CT molecular complexity index is 524. The van der Waals surface area contributed by atoms with Gasteiger partial charge in [0, 0.05) is 26.4 Å². The van der Waals surface area contributed by atoms with Crippen molar-refractivity contribution in [2.75, 3.05) is 32.2 Å². The smallest absolute Gasteiger partial charge is 0.322 e. The Morgan fingerprint density at radius 3 is 2.70 bits per heavy atom. The Hall–Kier alpha value is -1.92. The first-order valence-corrected chi connectivity index (χ1v) is 6.53. The van der Waals surface area contributed by atoms with Crippen LogP contribution in [0.25, 0.3) is 0 Å². The van der Waals surface area contributed by atoms with Crippen LogP contribution >= 0.6 is 0 Å². The van der Waals surface area contributed by atoms with E-state index < -0.39 is 0 Å². The number of aryl methyl sites for hydroxylation is 1.